The van der Waals surface area contributed by atoms with Crippen molar-refractivity contribution in [3.8, 4) is 0 Å². The van der Waals surface area contributed by atoms with Gasteiger partial charge in [-0.05, 0) is 24.6 Å². The minimum atomic E-state index is -0.479. The van der Waals surface area contributed by atoms with Gasteiger partial charge in [-0.15, -0.1) is 0 Å². The van der Waals surface area contributed by atoms with Crippen LogP contribution in [-0.4, -0.2) is 39.2 Å². The fraction of sp³-hybridized carbons (Fsp3) is 0.250. The first-order valence-electron chi connectivity index (χ1n) is 7.73. The van der Waals surface area contributed by atoms with E-state index in [4.69, 9.17) is 16.3 Å². The molecule has 128 valence electrons. The summed E-state index contributed by atoms with van der Waals surface area (Å²) in [5.74, 6) is 0.492. The highest BCUT2D eigenvalue weighted by Gasteiger charge is 2.17. The van der Waals surface area contributed by atoms with Crippen molar-refractivity contribution in [1.29, 1.82) is 0 Å². The van der Waals surface area contributed by atoms with Gasteiger partial charge in [-0.3, -0.25) is 0 Å². The van der Waals surface area contributed by atoms with Crippen LogP contribution in [0.15, 0.2) is 30.7 Å². The lowest BCUT2D eigenvalue weighted by Gasteiger charge is -2.12. The Bertz CT molecular complexity index is 918. The molecular formula is C16H14ClFN6O. The molecule has 1 saturated heterocycles. The number of fused-ring (bicyclic) bond motifs is 1. The summed E-state index contributed by atoms with van der Waals surface area (Å²) in [5, 5.41) is 6.36. The summed E-state index contributed by atoms with van der Waals surface area (Å²) in [6, 6.07) is 4.54. The zero-order valence-corrected chi connectivity index (χ0v) is 13.8. The topological polar surface area (TPSA) is 84.9 Å². The maximum atomic E-state index is 13.3. The zero-order valence-electron chi connectivity index (χ0n) is 13.0. The molecule has 2 aromatic heterocycles. The van der Waals surface area contributed by atoms with Crippen molar-refractivity contribution >= 4 is 40.1 Å². The monoisotopic (exact) mass is 360 g/mol. The van der Waals surface area contributed by atoms with Gasteiger partial charge < -0.3 is 15.4 Å². The van der Waals surface area contributed by atoms with Crippen molar-refractivity contribution in [2.75, 3.05) is 23.8 Å². The molecule has 1 unspecified atom stereocenters. The number of aromatic nitrogens is 4. The molecule has 1 aromatic carbocycles. The second-order valence-corrected chi connectivity index (χ2v) is 6.02. The molecule has 0 saturated carbocycles. The number of ether oxygens (including phenoxy) is 1. The molecule has 0 amide bonds. The normalized spacial score (nSPS) is 17.0. The van der Waals surface area contributed by atoms with Gasteiger partial charge in [0.05, 0.1) is 23.9 Å². The van der Waals surface area contributed by atoms with Crippen LogP contribution < -0.4 is 10.6 Å². The average Bonchev–Trinajstić information content (AvgIpc) is 3.12. The lowest BCUT2D eigenvalue weighted by Crippen LogP contribution is -2.20. The van der Waals surface area contributed by atoms with E-state index in [2.05, 4.69) is 30.6 Å². The van der Waals surface area contributed by atoms with Crippen LogP contribution in [-0.2, 0) is 4.74 Å². The highest BCUT2D eigenvalue weighted by molar-refractivity contribution is 6.31. The molecule has 1 aliphatic heterocycles. The maximum Gasteiger partial charge on any atom is 0.223 e. The number of hydrogen-bond acceptors (Lipinski definition) is 7. The van der Waals surface area contributed by atoms with Crippen molar-refractivity contribution in [2.45, 2.75) is 12.5 Å². The average molecular weight is 361 g/mol. The van der Waals surface area contributed by atoms with E-state index in [1.165, 1.54) is 18.5 Å². The highest BCUT2D eigenvalue weighted by Crippen LogP contribution is 2.25. The Labute approximate surface area is 147 Å². The summed E-state index contributed by atoms with van der Waals surface area (Å²) in [4.78, 5) is 17.2. The van der Waals surface area contributed by atoms with Crippen LogP contribution in [0.1, 0.15) is 6.42 Å². The van der Waals surface area contributed by atoms with E-state index in [0.29, 0.717) is 35.1 Å². The second-order valence-electron chi connectivity index (χ2n) is 5.61. The lowest BCUT2D eigenvalue weighted by molar-refractivity contribution is 0.195. The first kappa shape index (κ1) is 15.9. The Hall–Kier alpha value is -2.58. The molecule has 0 bridgehead atoms. The molecule has 3 heterocycles. The van der Waals surface area contributed by atoms with Crippen molar-refractivity contribution in [3.05, 3.63) is 41.6 Å². The van der Waals surface area contributed by atoms with Crippen molar-refractivity contribution in [1.82, 2.24) is 19.9 Å². The minimum absolute atomic E-state index is 0.0292. The van der Waals surface area contributed by atoms with Crippen LogP contribution >= 0.6 is 11.6 Å². The molecule has 1 atom stereocenters. The van der Waals surface area contributed by atoms with Crippen molar-refractivity contribution in [2.24, 2.45) is 0 Å². The Morgan fingerprint density at radius 1 is 1.24 bits per heavy atom. The molecule has 4 rings (SSSR count). The number of anilines is 3. The van der Waals surface area contributed by atoms with Gasteiger partial charge in [0, 0.05) is 12.3 Å². The summed E-state index contributed by atoms with van der Waals surface area (Å²) in [6.07, 6.45) is 3.95. The molecule has 25 heavy (non-hydrogen) atoms. The maximum absolute atomic E-state index is 13.3. The summed E-state index contributed by atoms with van der Waals surface area (Å²) < 4.78 is 18.7. The molecule has 3 aromatic rings. The molecule has 2 N–H and O–H groups in total. The van der Waals surface area contributed by atoms with E-state index in [1.807, 2.05) is 0 Å². The summed E-state index contributed by atoms with van der Waals surface area (Å²) in [6.45, 7) is 1.36. The number of benzene rings is 1. The van der Waals surface area contributed by atoms with Crippen LogP contribution in [0.3, 0.4) is 0 Å². The van der Waals surface area contributed by atoms with Crippen LogP contribution in [0.4, 0.5) is 21.8 Å². The first-order valence-corrected chi connectivity index (χ1v) is 8.11. The lowest BCUT2D eigenvalue weighted by atomic mass is 10.3. The summed E-state index contributed by atoms with van der Waals surface area (Å²) in [7, 11) is 0. The number of nitrogens with one attached hydrogen (secondary N) is 2. The molecule has 9 heteroatoms. The Morgan fingerprint density at radius 2 is 2.16 bits per heavy atom. The number of rotatable bonds is 4. The van der Waals surface area contributed by atoms with Crippen LogP contribution in [0, 0.1) is 5.82 Å². The third kappa shape index (κ3) is 3.45. The van der Waals surface area contributed by atoms with Gasteiger partial charge in [0.1, 0.15) is 23.2 Å². The van der Waals surface area contributed by atoms with E-state index in [9.17, 15) is 4.39 Å². The van der Waals surface area contributed by atoms with E-state index in [-0.39, 0.29) is 11.1 Å². The van der Waals surface area contributed by atoms with Gasteiger partial charge in [-0.25, -0.2) is 24.3 Å². The van der Waals surface area contributed by atoms with E-state index < -0.39 is 5.82 Å². The smallest absolute Gasteiger partial charge is 0.223 e. The second kappa shape index (κ2) is 6.73. The third-order valence-electron chi connectivity index (χ3n) is 3.82. The summed E-state index contributed by atoms with van der Waals surface area (Å²) >= 11 is 5.82. The molecule has 0 spiro atoms. The van der Waals surface area contributed by atoms with Gasteiger partial charge in [-0.1, -0.05) is 11.6 Å². The Balaban J connectivity index is 1.66. The molecule has 0 radical (unpaired) electrons. The quantitative estimate of drug-likeness (QED) is 0.739. The SMILES string of the molecule is Fc1ccc(Nc2ncnc3cnc(NC4CCOC4)nc23)cc1Cl. The van der Waals surface area contributed by atoms with Crippen molar-refractivity contribution < 1.29 is 9.13 Å². The molecular weight excluding hydrogens is 347 g/mol. The number of nitrogens with zero attached hydrogens (tertiary/aromatic N) is 4. The van der Waals surface area contributed by atoms with Gasteiger partial charge >= 0.3 is 0 Å². The largest absolute Gasteiger partial charge is 0.379 e. The zero-order chi connectivity index (χ0) is 17.2. The van der Waals surface area contributed by atoms with E-state index in [0.717, 1.165) is 13.0 Å². The van der Waals surface area contributed by atoms with Gasteiger partial charge in [0.15, 0.2) is 5.82 Å². The van der Waals surface area contributed by atoms with Gasteiger partial charge in [0.25, 0.3) is 0 Å². The Morgan fingerprint density at radius 3 is 2.96 bits per heavy atom. The minimum Gasteiger partial charge on any atom is -0.379 e. The first-order chi connectivity index (χ1) is 12.2. The third-order valence-corrected chi connectivity index (χ3v) is 4.11. The van der Waals surface area contributed by atoms with Gasteiger partial charge in [-0.2, -0.15) is 0 Å². The predicted octanol–water partition coefficient (Wildman–Crippen LogP) is 3.16. The predicted molar refractivity (Wildman–Crippen MR) is 92.7 cm³/mol. The van der Waals surface area contributed by atoms with E-state index in [1.54, 1.807) is 12.3 Å². The number of hydrogen-bond donors (Lipinski definition) is 2. The van der Waals surface area contributed by atoms with Crippen molar-refractivity contribution in [3.63, 3.8) is 0 Å². The van der Waals surface area contributed by atoms with E-state index >= 15 is 0 Å². The van der Waals surface area contributed by atoms with Crippen LogP contribution in [0.5, 0.6) is 0 Å². The fourth-order valence-electron chi connectivity index (χ4n) is 2.56. The Kier molecular flexibility index (Phi) is 4.29. The highest BCUT2D eigenvalue weighted by atomic mass is 35.5. The molecule has 7 nitrogen and oxygen atoms in total. The summed E-state index contributed by atoms with van der Waals surface area (Å²) in [5.41, 5.74) is 1.75. The van der Waals surface area contributed by atoms with Crippen LogP contribution in [0.2, 0.25) is 5.02 Å². The van der Waals surface area contributed by atoms with Gasteiger partial charge in [0.2, 0.25) is 5.95 Å². The standard InChI is InChI=1S/C16H14ClFN6O/c17-11-5-9(1-2-12(11)18)22-15-14-13(20-8-21-15)6-19-16(24-14)23-10-3-4-25-7-10/h1-2,5-6,8,10H,3-4,7H2,(H,19,23,24)(H,20,21,22). The molecule has 1 fully saturated rings. The number of halogens is 2. The fourth-order valence-corrected chi connectivity index (χ4v) is 2.74. The molecule has 0 aliphatic carbocycles. The van der Waals surface area contributed by atoms with Crippen LogP contribution in [0.25, 0.3) is 11.0 Å². The molecule has 1 aliphatic rings.